The van der Waals surface area contributed by atoms with Gasteiger partial charge in [-0.2, -0.15) is 0 Å². The molecule has 3 rings (SSSR count). The van der Waals surface area contributed by atoms with Crippen LogP contribution in [0.1, 0.15) is 44.1 Å². The van der Waals surface area contributed by atoms with Crippen molar-refractivity contribution in [2.24, 2.45) is 0 Å². The molecule has 0 aromatic heterocycles. The fourth-order valence-corrected chi connectivity index (χ4v) is 3.75. The third-order valence-corrected chi connectivity index (χ3v) is 5.01. The van der Waals surface area contributed by atoms with Crippen molar-refractivity contribution in [1.82, 2.24) is 10.2 Å². The van der Waals surface area contributed by atoms with E-state index in [2.05, 4.69) is 40.5 Å². The van der Waals surface area contributed by atoms with Gasteiger partial charge in [-0.1, -0.05) is 43.2 Å². The topological polar surface area (TPSA) is 35.5 Å². The molecule has 1 saturated heterocycles. The van der Waals surface area contributed by atoms with Crippen LogP contribution >= 0.6 is 0 Å². The van der Waals surface area contributed by atoms with E-state index in [9.17, 15) is 5.11 Å². The Morgan fingerprint density at radius 2 is 1.90 bits per heavy atom. The van der Waals surface area contributed by atoms with Crippen molar-refractivity contribution in [1.29, 1.82) is 0 Å². The Kier molecular flexibility index (Phi) is 4.94. The van der Waals surface area contributed by atoms with Crippen LogP contribution in [0.15, 0.2) is 30.3 Å². The predicted molar refractivity (Wildman–Crippen MR) is 86.2 cm³/mol. The largest absolute Gasteiger partial charge is 0.389 e. The molecular weight excluding hydrogens is 260 g/mol. The summed E-state index contributed by atoms with van der Waals surface area (Å²) in [5.41, 5.74) is 0.967. The Labute approximate surface area is 128 Å². The maximum Gasteiger partial charge on any atom is 0.0771 e. The van der Waals surface area contributed by atoms with Gasteiger partial charge in [0, 0.05) is 25.7 Å². The zero-order valence-corrected chi connectivity index (χ0v) is 12.9. The third-order valence-electron chi connectivity index (χ3n) is 5.01. The number of rotatable bonds is 5. The van der Waals surface area contributed by atoms with Gasteiger partial charge < -0.3 is 10.4 Å². The van der Waals surface area contributed by atoms with Crippen molar-refractivity contribution in [3.63, 3.8) is 0 Å². The number of benzene rings is 1. The summed E-state index contributed by atoms with van der Waals surface area (Å²) < 4.78 is 0. The number of hydrogen-bond acceptors (Lipinski definition) is 3. The van der Waals surface area contributed by atoms with Crippen molar-refractivity contribution in [2.75, 3.05) is 19.6 Å². The van der Waals surface area contributed by atoms with Crippen LogP contribution in [0.4, 0.5) is 0 Å². The molecule has 2 aliphatic rings. The second-order valence-corrected chi connectivity index (χ2v) is 6.87. The zero-order valence-electron chi connectivity index (χ0n) is 12.9. The highest BCUT2D eigenvalue weighted by atomic mass is 16.3. The molecule has 2 fully saturated rings. The molecule has 1 atom stereocenters. The lowest BCUT2D eigenvalue weighted by Gasteiger charge is -2.35. The molecule has 116 valence electrons. The number of hydrogen-bond donors (Lipinski definition) is 2. The maximum absolute atomic E-state index is 10.4. The summed E-state index contributed by atoms with van der Waals surface area (Å²) in [6.07, 6.45) is 6.80. The van der Waals surface area contributed by atoms with Gasteiger partial charge in [0.2, 0.25) is 0 Å². The molecule has 2 N–H and O–H groups in total. The lowest BCUT2D eigenvalue weighted by molar-refractivity contribution is 0.0405. The van der Waals surface area contributed by atoms with E-state index in [1.807, 2.05) is 0 Å². The smallest absolute Gasteiger partial charge is 0.0771 e. The first-order valence-corrected chi connectivity index (χ1v) is 8.46. The number of likely N-dealkylation sites (tertiary alicyclic amines) is 1. The summed E-state index contributed by atoms with van der Waals surface area (Å²) in [6, 6.07) is 11.3. The first-order valence-electron chi connectivity index (χ1n) is 8.46. The molecular formula is C18H28N2O. The average molecular weight is 288 g/mol. The summed E-state index contributed by atoms with van der Waals surface area (Å²) >= 11 is 0. The zero-order chi connectivity index (χ0) is 14.5. The van der Waals surface area contributed by atoms with Gasteiger partial charge in [-0.25, -0.2) is 0 Å². The van der Waals surface area contributed by atoms with E-state index >= 15 is 0 Å². The van der Waals surface area contributed by atoms with Crippen molar-refractivity contribution in [3.8, 4) is 0 Å². The van der Waals surface area contributed by atoms with Crippen molar-refractivity contribution in [2.45, 2.75) is 56.7 Å². The van der Waals surface area contributed by atoms with Gasteiger partial charge in [-0.3, -0.25) is 4.90 Å². The third kappa shape index (κ3) is 4.29. The highest BCUT2D eigenvalue weighted by Gasteiger charge is 2.32. The van der Waals surface area contributed by atoms with E-state index < -0.39 is 5.60 Å². The van der Waals surface area contributed by atoms with Crippen LogP contribution in [0.2, 0.25) is 0 Å². The second-order valence-electron chi connectivity index (χ2n) is 6.87. The number of piperidine rings is 1. The van der Waals surface area contributed by atoms with Gasteiger partial charge >= 0.3 is 0 Å². The highest BCUT2D eigenvalue weighted by Crippen LogP contribution is 2.29. The van der Waals surface area contributed by atoms with Gasteiger partial charge in [0.1, 0.15) is 0 Å². The van der Waals surface area contributed by atoms with Gasteiger partial charge in [0.05, 0.1) is 5.60 Å². The standard InChI is InChI=1S/C18H28N2O/c21-18(10-4-5-11-18)15-19-17-9-6-12-20(14-17)13-16-7-2-1-3-8-16/h1-3,7-8,17,19,21H,4-6,9-15H2. The van der Waals surface area contributed by atoms with Crippen molar-refractivity contribution < 1.29 is 5.11 Å². The molecule has 3 nitrogen and oxygen atoms in total. The summed E-state index contributed by atoms with van der Waals surface area (Å²) in [7, 11) is 0. The summed E-state index contributed by atoms with van der Waals surface area (Å²) in [4.78, 5) is 2.54. The second kappa shape index (κ2) is 6.91. The minimum absolute atomic E-state index is 0.429. The van der Waals surface area contributed by atoms with Crippen LogP contribution in [0.25, 0.3) is 0 Å². The highest BCUT2D eigenvalue weighted by molar-refractivity contribution is 5.14. The fraction of sp³-hybridized carbons (Fsp3) is 0.667. The first-order chi connectivity index (χ1) is 10.2. The van der Waals surface area contributed by atoms with E-state index in [4.69, 9.17) is 0 Å². The molecule has 21 heavy (non-hydrogen) atoms. The minimum Gasteiger partial charge on any atom is -0.389 e. The summed E-state index contributed by atoms with van der Waals surface area (Å²) in [6.45, 7) is 4.11. The molecule has 1 aromatic rings. The Morgan fingerprint density at radius 3 is 2.67 bits per heavy atom. The first kappa shape index (κ1) is 15.0. The maximum atomic E-state index is 10.4. The number of aliphatic hydroxyl groups is 1. The van der Waals surface area contributed by atoms with Gasteiger partial charge in [-0.15, -0.1) is 0 Å². The molecule has 1 saturated carbocycles. The van der Waals surface area contributed by atoms with E-state index in [0.29, 0.717) is 6.04 Å². The number of nitrogens with zero attached hydrogens (tertiary/aromatic N) is 1. The van der Waals surface area contributed by atoms with E-state index in [1.54, 1.807) is 0 Å². The normalized spacial score (nSPS) is 26.0. The Morgan fingerprint density at radius 1 is 1.14 bits per heavy atom. The van der Waals surface area contributed by atoms with Crippen LogP contribution in [0.3, 0.4) is 0 Å². The Hall–Kier alpha value is -0.900. The van der Waals surface area contributed by atoms with Crippen LogP contribution in [-0.2, 0) is 6.54 Å². The summed E-state index contributed by atoms with van der Waals surface area (Å²) in [5.74, 6) is 0. The summed E-state index contributed by atoms with van der Waals surface area (Å²) in [5, 5.41) is 14.1. The molecule has 0 radical (unpaired) electrons. The quantitative estimate of drug-likeness (QED) is 0.874. The van der Waals surface area contributed by atoms with Crippen molar-refractivity contribution in [3.05, 3.63) is 35.9 Å². The van der Waals surface area contributed by atoms with E-state index in [0.717, 1.165) is 32.5 Å². The van der Waals surface area contributed by atoms with Crippen LogP contribution in [0, 0.1) is 0 Å². The minimum atomic E-state index is -0.429. The van der Waals surface area contributed by atoms with Crippen LogP contribution in [0.5, 0.6) is 0 Å². The van der Waals surface area contributed by atoms with E-state index in [-0.39, 0.29) is 0 Å². The van der Waals surface area contributed by atoms with Gasteiger partial charge in [-0.05, 0) is 37.8 Å². The molecule has 1 aromatic carbocycles. The predicted octanol–water partition coefficient (Wildman–Crippen LogP) is 2.55. The Balaban J connectivity index is 1.47. The van der Waals surface area contributed by atoms with Crippen LogP contribution < -0.4 is 5.32 Å². The fourth-order valence-electron chi connectivity index (χ4n) is 3.75. The monoisotopic (exact) mass is 288 g/mol. The van der Waals surface area contributed by atoms with Gasteiger partial charge in [0.25, 0.3) is 0 Å². The molecule has 1 aliphatic carbocycles. The Bertz CT molecular complexity index is 428. The SMILES string of the molecule is OC1(CNC2CCCN(Cc3ccccc3)C2)CCCC1. The molecule has 3 heteroatoms. The molecule has 1 aliphatic heterocycles. The molecule has 1 unspecified atom stereocenters. The van der Waals surface area contributed by atoms with Gasteiger partial charge in [0.15, 0.2) is 0 Å². The molecule has 0 spiro atoms. The lowest BCUT2D eigenvalue weighted by Crippen LogP contribution is -2.49. The lowest BCUT2D eigenvalue weighted by atomic mass is 10.00. The molecule has 0 bridgehead atoms. The molecule has 1 heterocycles. The van der Waals surface area contributed by atoms with Crippen LogP contribution in [-0.4, -0.2) is 41.3 Å². The average Bonchev–Trinajstić information content (AvgIpc) is 2.94. The number of nitrogens with one attached hydrogen (secondary N) is 1. The van der Waals surface area contributed by atoms with Crippen molar-refractivity contribution >= 4 is 0 Å². The molecule has 0 amide bonds. The van der Waals surface area contributed by atoms with E-state index in [1.165, 1.54) is 37.8 Å².